The summed E-state index contributed by atoms with van der Waals surface area (Å²) >= 11 is 0. The fourth-order valence-corrected chi connectivity index (χ4v) is 7.27. The summed E-state index contributed by atoms with van der Waals surface area (Å²) in [6.07, 6.45) is 0. The first-order valence-electron chi connectivity index (χ1n) is 19.0. The second-order valence-electron chi connectivity index (χ2n) is 16.3. The number of nitrogens with zero attached hydrogens (tertiary/aromatic N) is 6. The van der Waals surface area contributed by atoms with Crippen LogP contribution in [-0.4, -0.2) is 9.97 Å². The maximum atomic E-state index is 10.9. The van der Waals surface area contributed by atoms with Gasteiger partial charge >= 0.3 is 0 Å². The second-order valence-corrected chi connectivity index (χ2v) is 16.3. The highest BCUT2D eigenvalue weighted by molar-refractivity contribution is 5.98. The maximum absolute atomic E-state index is 10.9. The van der Waals surface area contributed by atoms with E-state index in [-0.39, 0.29) is 33.2 Å². The van der Waals surface area contributed by atoms with Crippen LogP contribution in [0, 0.1) is 40.6 Å². The van der Waals surface area contributed by atoms with Crippen molar-refractivity contribution in [2.24, 2.45) is 0 Å². The minimum Gasteiger partial charge on any atom is -0.258 e. The Labute approximate surface area is 340 Å². The van der Waals surface area contributed by atoms with Crippen LogP contribution >= 0.6 is 0 Å². The van der Waals surface area contributed by atoms with Crippen molar-refractivity contribution in [3.63, 3.8) is 0 Å². The molecule has 7 aromatic rings. The highest BCUT2D eigenvalue weighted by Gasteiger charge is 2.27. The molecule has 0 saturated heterocycles. The summed E-state index contributed by atoms with van der Waals surface area (Å²) < 4.78 is 0. The number of aromatic nitrogens is 2. The molecule has 0 spiro atoms. The number of nitriles is 3. The largest absolute Gasteiger partial charge is 0.258 e. The molecule has 5 aromatic carbocycles. The molecule has 0 bridgehead atoms. The van der Waals surface area contributed by atoms with Crippen molar-refractivity contribution in [1.29, 1.82) is 15.8 Å². The highest BCUT2D eigenvalue weighted by atomic mass is 14.8. The first-order chi connectivity index (χ1) is 27.9. The zero-order valence-electron chi connectivity index (χ0n) is 33.4. The van der Waals surface area contributed by atoms with E-state index in [4.69, 9.17) is 16.5 Å². The zero-order chi connectivity index (χ0) is 41.2. The zero-order valence-corrected chi connectivity index (χ0v) is 33.4. The van der Waals surface area contributed by atoms with E-state index in [1.165, 1.54) is 0 Å². The van der Waals surface area contributed by atoms with Crippen molar-refractivity contribution in [3.8, 4) is 85.5 Å². The Kier molecular flexibility index (Phi) is 10.3. The molecule has 6 nitrogen and oxygen atoms in total. The van der Waals surface area contributed by atoms with Gasteiger partial charge < -0.3 is 0 Å². The van der Waals surface area contributed by atoms with E-state index in [0.29, 0.717) is 45.0 Å². The second kappa shape index (κ2) is 15.5. The third-order valence-corrected chi connectivity index (χ3v) is 10.4. The topological polar surface area (TPSA) is 102 Å². The van der Waals surface area contributed by atoms with Crippen LogP contribution < -0.4 is 0 Å². The predicted octanol–water partition coefficient (Wildman–Crippen LogP) is 13.2. The molecule has 0 atom stereocenters. The lowest BCUT2D eigenvalue weighted by molar-refractivity contribution is 0.590. The van der Waals surface area contributed by atoms with Crippen LogP contribution in [0.15, 0.2) is 133 Å². The van der Waals surface area contributed by atoms with Crippen molar-refractivity contribution >= 4 is 5.69 Å². The van der Waals surface area contributed by atoms with Crippen molar-refractivity contribution in [3.05, 3.63) is 173 Å². The number of pyridine rings is 2. The van der Waals surface area contributed by atoms with Gasteiger partial charge in [0.15, 0.2) is 0 Å². The normalized spacial score (nSPS) is 11.2. The molecule has 58 heavy (non-hydrogen) atoms. The predicted molar refractivity (Wildman–Crippen MR) is 232 cm³/mol. The lowest BCUT2D eigenvalue weighted by atomic mass is 9.85. The van der Waals surface area contributed by atoms with Crippen LogP contribution in [0.1, 0.15) is 69.4 Å². The molecule has 0 aliphatic carbocycles. The molecule has 278 valence electrons. The van der Waals surface area contributed by atoms with Gasteiger partial charge in [0, 0.05) is 27.8 Å². The monoisotopic (exact) mass is 748 g/mol. The van der Waals surface area contributed by atoms with E-state index in [1.54, 1.807) is 0 Å². The van der Waals surface area contributed by atoms with Crippen molar-refractivity contribution < 1.29 is 0 Å². The van der Waals surface area contributed by atoms with Crippen molar-refractivity contribution in [2.75, 3.05) is 0 Å². The van der Waals surface area contributed by atoms with Gasteiger partial charge in [0.25, 0.3) is 0 Å². The molecule has 0 fully saturated rings. The molecule has 2 aromatic heterocycles. The highest BCUT2D eigenvalue weighted by Crippen LogP contribution is 2.46. The number of hydrogen-bond acceptors (Lipinski definition) is 5. The smallest absolute Gasteiger partial charge is 0.221 e. The molecule has 0 aliphatic rings. The van der Waals surface area contributed by atoms with Gasteiger partial charge in [-0.05, 0) is 44.7 Å². The van der Waals surface area contributed by atoms with Gasteiger partial charge in [-0.2, -0.15) is 15.8 Å². The third kappa shape index (κ3) is 7.24. The number of benzene rings is 5. The first kappa shape index (κ1) is 38.6. The maximum Gasteiger partial charge on any atom is 0.221 e. The Morgan fingerprint density at radius 1 is 0.431 bits per heavy atom. The third-order valence-electron chi connectivity index (χ3n) is 10.4. The molecule has 0 unspecified atom stereocenters. The molecule has 0 radical (unpaired) electrons. The van der Waals surface area contributed by atoms with Crippen LogP contribution in [0.2, 0.25) is 0 Å². The average Bonchev–Trinajstić information content (AvgIpc) is 3.24. The summed E-state index contributed by atoms with van der Waals surface area (Å²) in [5.41, 5.74) is 9.91. The fourth-order valence-electron chi connectivity index (χ4n) is 7.27. The van der Waals surface area contributed by atoms with Gasteiger partial charge in [0.1, 0.15) is 18.2 Å². The van der Waals surface area contributed by atoms with Crippen molar-refractivity contribution in [2.45, 2.75) is 52.4 Å². The van der Waals surface area contributed by atoms with Gasteiger partial charge in [0.2, 0.25) is 5.69 Å². The Balaban J connectivity index is 1.54. The van der Waals surface area contributed by atoms with E-state index < -0.39 is 0 Å². The van der Waals surface area contributed by atoms with Crippen LogP contribution in [0.25, 0.3) is 72.1 Å². The Morgan fingerprint density at radius 3 is 1.17 bits per heavy atom. The SMILES string of the molecule is [C-]#[N+]c1c(-c2ccc(C(C)(C)C)cc2)nc(-c2ccccc2)c(C#N)c1-c1cccc(-c2c(C#N)c(-c3ccccc3)nc(-c3ccc(C(C)(C)C)cc3)c2C#N)c1. The van der Waals surface area contributed by atoms with Gasteiger partial charge in [-0.15, -0.1) is 0 Å². The fraction of sp³-hybridized carbons (Fsp3) is 0.154. The minimum atomic E-state index is -0.0783. The summed E-state index contributed by atoms with van der Waals surface area (Å²) in [7, 11) is 0. The molecule has 0 amide bonds. The van der Waals surface area contributed by atoms with Gasteiger partial charge in [-0.25, -0.2) is 9.83 Å². The number of rotatable bonds is 6. The first-order valence-corrected chi connectivity index (χ1v) is 19.0. The van der Waals surface area contributed by atoms with Crippen LogP contribution in [0.3, 0.4) is 0 Å². The number of hydrogen-bond donors (Lipinski definition) is 0. The van der Waals surface area contributed by atoms with Crippen LogP contribution in [-0.2, 0) is 10.8 Å². The molecular weight excluding hydrogens is 709 g/mol. The summed E-state index contributed by atoms with van der Waals surface area (Å²) in [5, 5.41) is 32.7. The van der Waals surface area contributed by atoms with E-state index in [1.807, 2.05) is 109 Å². The molecule has 0 aliphatic heterocycles. The van der Waals surface area contributed by atoms with Crippen LogP contribution in [0.5, 0.6) is 0 Å². The van der Waals surface area contributed by atoms with E-state index in [9.17, 15) is 15.8 Å². The molecule has 2 heterocycles. The van der Waals surface area contributed by atoms with Gasteiger partial charge in [0.05, 0.1) is 46.0 Å². The minimum absolute atomic E-state index is 0.0757. The molecular formula is C52H40N6. The molecule has 6 heteroatoms. The van der Waals surface area contributed by atoms with E-state index in [0.717, 1.165) is 33.4 Å². The quantitative estimate of drug-likeness (QED) is 0.158. The lowest BCUT2D eigenvalue weighted by Gasteiger charge is -2.21. The summed E-state index contributed by atoms with van der Waals surface area (Å²) in [5.74, 6) is 0. The Hall–Kier alpha value is -7.64. The van der Waals surface area contributed by atoms with Gasteiger partial charge in [-0.3, -0.25) is 4.98 Å². The van der Waals surface area contributed by atoms with Crippen molar-refractivity contribution in [1.82, 2.24) is 9.97 Å². The van der Waals surface area contributed by atoms with Gasteiger partial charge in [-0.1, -0.05) is 169 Å². The Bertz CT molecular complexity index is 2650. The lowest BCUT2D eigenvalue weighted by Crippen LogP contribution is -2.10. The standard InChI is InChI=1S/C52H40N6/c1-51(2,3)39-25-21-35(22-26-39)48-42(31-54)44(41(30-53)46(57-48)33-15-10-8-11-16-33)37-19-14-20-38(29-37)45-43(32-55)47(34-17-12-9-13-18-34)58-49(50(45)56-7)36-23-27-40(28-24-36)52(4,5)6/h8-29H,1-6H3. The molecule has 0 N–H and O–H groups in total. The summed E-state index contributed by atoms with van der Waals surface area (Å²) in [6.45, 7) is 21.4. The molecule has 0 saturated carbocycles. The Morgan fingerprint density at radius 2 is 0.776 bits per heavy atom. The average molecular weight is 749 g/mol. The van der Waals surface area contributed by atoms with E-state index >= 15 is 0 Å². The molecule has 7 rings (SSSR count). The summed E-state index contributed by atoms with van der Waals surface area (Å²) in [4.78, 5) is 14.2. The van der Waals surface area contributed by atoms with Crippen LogP contribution in [0.4, 0.5) is 5.69 Å². The summed E-state index contributed by atoms with van der Waals surface area (Å²) in [6, 6.07) is 49.8. The van der Waals surface area contributed by atoms with E-state index in [2.05, 4.69) is 88.9 Å².